The Bertz CT molecular complexity index is 236. The number of carbonyl (C=O) groups is 1. The fourth-order valence-electron chi connectivity index (χ4n) is 2.75. The smallest absolute Gasteiger partial charge is 0.335 e. The van der Waals surface area contributed by atoms with Crippen LogP contribution in [0.1, 0.15) is 46.5 Å². The van der Waals surface area contributed by atoms with E-state index in [1.165, 1.54) is 13.5 Å². The second-order valence-corrected chi connectivity index (χ2v) is 5.13. The molecule has 0 spiro atoms. The maximum atomic E-state index is 11.4. The van der Waals surface area contributed by atoms with Crippen LogP contribution in [0.15, 0.2) is 0 Å². The number of carbonyl (C=O) groups excluding carboxylic acids is 1. The summed E-state index contributed by atoms with van der Waals surface area (Å²) >= 11 is 0. The molecule has 15 heavy (non-hydrogen) atoms. The largest absolute Gasteiger partial charge is 0.467 e. The van der Waals surface area contributed by atoms with Crippen molar-refractivity contribution in [3.63, 3.8) is 0 Å². The zero-order valence-electron chi connectivity index (χ0n) is 10.2. The summed E-state index contributed by atoms with van der Waals surface area (Å²) in [4.78, 5) is 11.4. The van der Waals surface area contributed by atoms with Crippen LogP contribution in [0.25, 0.3) is 0 Å². The number of rotatable bonds is 4. The molecule has 1 unspecified atom stereocenters. The molecule has 0 aromatic heterocycles. The summed E-state index contributed by atoms with van der Waals surface area (Å²) in [7, 11) is 1.32. The van der Waals surface area contributed by atoms with E-state index < -0.39 is 17.5 Å². The number of hydrogen-bond donors (Lipinski definition) is 1. The Kier molecular flexibility index (Phi) is 3.44. The summed E-state index contributed by atoms with van der Waals surface area (Å²) in [5.41, 5.74) is -0.284. The zero-order valence-corrected chi connectivity index (χ0v) is 10.2. The highest BCUT2D eigenvalue weighted by Gasteiger charge is 2.53. The molecule has 3 nitrogen and oxygen atoms in total. The summed E-state index contributed by atoms with van der Waals surface area (Å²) in [6, 6.07) is 0. The van der Waals surface area contributed by atoms with Crippen LogP contribution in [-0.2, 0) is 9.53 Å². The molecule has 0 aromatic rings. The van der Waals surface area contributed by atoms with E-state index in [2.05, 4.69) is 11.7 Å². The van der Waals surface area contributed by atoms with Crippen molar-refractivity contribution in [3.8, 4) is 0 Å². The fraction of sp³-hybridized carbons (Fsp3) is 0.917. The molecule has 0 amide bonds. The van der Waals surface area contributed by atoms with Gasteiger partial charge >= 0.3 is 5.97 Å². The van der Waals surface area contributed by atoms with Crippen LogP contribution >= 0.6 is 0 Å². The van der Waals surface area contributed by atoms with Gasteiger partial charge in [-0.1, -0.05) is 27.2 Å². The number of aliphatic hydroxyl groups excluding tert-OH is 1. The molecule has 0 radical (unpaired) electrons. The summed E-state index contributed by atoms with van der Waals surface area (Å²) < 4.78 is 4.62. The predicted octanol–water partition coefficient (Wildman–Crippen LogP) is 2.13. The monoisotopic (exact) mass is 214 g/mol. The Morgan fingerprint density at radius 1 is 1.53 bits per heavy atom. The molecule has 1 atom stereocenters. The average Bonchev–Trinajstić information content (AvgIpc) is 2.14. The molecule has 0 saturated heterocycles. The van der Waals surface area contributed by atoms with Gasteiger partial charge in [0, 0.05) is 5.41 Å². The highest BCUT2D eigenvalue weighted by Crippen LogP contribution is 2.57. The van der Waals surface area contributed by atoms with Crippen LogP contribution in [0.5, 0.6) is 0 Å². The maximum absolute atomic E-state index is 11.4. The van der Waals surface area contributed by atoms with Crippen molar-refractivity contribution in [2.75, 3.05) is 7.11 Å². The van der Waals surface area contributed by atoms with E-state index in [1.54, 1.807) is 0 Å². The van der Waals surface area contributed by atoms with Crippen LogP contribution in [0.2, 0.25) is 0 Å². The summed E-state index contributed by atoms with van der Waals surface area (Å²) in [6.45, 7) is 6.07. The molecule has 0 heterocycles. The maximum Gasteiger partial charge on any atom is 0.335 e. The lowest BCUT2D eigenvalue weighted by Gasteiger charge is -2.54. The van der Waals surface area contributed by atoms with Gasteiger partial charge in [-0.3, -0.25) is 0 Å². The molecule has 1 N–H and O–H groups in total. The third-order valence-electron chi connectivity index (χ3n) is 4.46. The van der Waals surface area contributed by atoms with Gasteiger partial charge in [0.1, 0.15) is 0 Å². The lowest BCUT2D eigenvalue weighted by molar-refractivity contribution is -0.170. The van der Waals surface area contributed by atoms with Crippen LogP contribution in [0, 0.1) is 10.8 Å². The first-order valence-electron chi connectivity index (χ1n) is 5.67. The molecule has 1 rings (SSSR count). The molecule has 3 heteroatoms. The highest BCUT2D eigenvalue weighted by molar-refractivity contribution is 5.75. The summed E-state index contributed by atoms with van der Waals surface area (Å²) in [6.07, 6.45) is 3.40. The van der Waals surface area contributed by atoms with Crippen molar-refractivity contribution >= 4 is 5.97 Å². The van der Waals surface area contributed by atoms with Crippen molar-refractivity contribution in [1.29, 1.82) is 0 Å². The van der Waals surface area contributed by atoms with Crippen molar-refractivity contribution in [1.82, 2.24) is 0 Å². The van der Waals surface area contributed by atoms with E-state index in [9.17, 15) is 9.90 Å². The molecule has 1 aliphatic rings. The summed E-state index contributed by atoms with van der Waals surface area (Å²) in [5.74, 6) is -0.514. The van der Waals surface area contributed by atoms with E-state index in [1.807, 2.05) is 13.8 Å². The fourth-order valence-corrected chi connectivity index (χ4v) is 2.75. The van der Waals surface area contributed by atoms with Gasteiger partial charge in [-0.15, -0.1) is 0 Å². The van der Waals surface area contributed by atoms with E-state index in [0.29, 0.717) is 0 Å². The van der Waals surface area contributed by atoms with Gasteiger partial charge in [0.2, 0.25) is 0 Å². The molecule has 1 saturated carbocycles. The third kappa shape index (κ3) is 1.78. The van der Waals surface area contributed by atoms with Crippen LogP contribution in [0.3, 0.4) is 0 Å². The van der Waals surface area contributed by atoms with Gasteiger partial charge in [-0.2, -0.15) is 0 Å². The van der Waals surface area contributed by atoms with Gasteiger partial charge < -0.3 is 9.84 Å². The molecular weight excluding hydrogens is 192 g/mol. The van der Waals surface area contributed by atoms with Crippen molar-refractivity contribution in [2.45, 2.75) is 52.6 Å². The molecule has 0 aromatic carbocycles. The minimum Gasteiger partial charge on any atom is -0.467 e. The van der Waals surface area contributed by atoms with E-state index in [4.69, 9.17) is 0 Å². The Hall–Kier alpha value is -0.570. The lowest BCUT2D eigenvalue weighted by atomic mass is 9.51. The average molecular weight is 214 g/mol. The second-order valence-electron chi connectivity index (χ2n) is 5.13. The van der Waals surface area contributed by atoms with Gasteiger partial charge in [0.15, 0.2) is 6.10 Å². The van der Waals surface area contributed by atoms with Gasteiger partial charge in [0.25, 0.3) is 0 Å². The molecule has 0 aliphatic heterocycles. The number of methoxy groups -OCH3 is 1. The van der Waals surface area contributed by atoms with Gasteiger partial charge in [0.05, 0.1) is 7.11 Å². The first-order chi connectivity index (χ1) is 6.91. The number of hydrogen-bond acceptors (Lipinski definition) is 3. The first kappa shape index (κ1) is 12.5. The quantitative estimate of drug-likeness (QED) is 0.729. The SMILES string of the molecule is CCC1(C(C)(C)C(O)C(=O)OC)CCC1. The first-order valence-corrected chi connectivity index (χ1v) is 5.67. The third-order valence-corrected chi connectivity index (χ3v) is 4.46. The molecular formula is C12H22O3. The van der Waals surface area contributed by atoms with E-state index in [-0.39, 0.29) is 5.41 Å². The molecule has 1 aliphatic carbocycles. The number of ether oxygens (including phenoxy) is 1. The number of aliphatic hydroxyl groups is 1. The predicted molar refractivity (Wildman–Crippen MR) is 58.4 cm³/mol. The van der Waals surface area contributed by atoms with Gasteiger partial charge in [-0.05, 0) is 24.7 Å². The molecule has 1 fully saturated rings. The minimum absolute atomic E-state index is 0.112. The Morgan fingerprint density at radius 2 is 2.07 bits per heavy atom. The lowest BCUT2D eigenvalue weighted by Crippen LogP contribution is -2.52. The highest BCUT2D eigenvalue weighted by atomic mass is 16.5. The zero-order chi connectivity index (χ0) is 11.7. The van der Waals surface area contributed by atoms with E-state index >= 15 is 0 Å². The van der Waals surface area contributed by atoms with Crippen molar-refractivity contribution in [3.05, 3.63) is 0 Å². The Balaban J connectivity index is 2.85. The van der Waals surface area contributed by atoms with Crippen LogP contribution in [0.4, 0.5) is 0 Å². The summed E-state index contributed by atoms with van der Waals surface area (Å²) in [5, 5.41) is 10.0. The second kappa shape index (κ2) is 4.12. The standard InChI is InChI=1S/C12H22O3/c1-5-12(7-6-8-12)11(2,3)9(13)10(14)15-4/h9,13H,5-8H2,1-4H3. The Morgan fingerprint density at radius 3 is 2.33 bits per heavy atom. The van der Waals surface area contributed by atoms with Gasteiger partial charge in [-0.25, -0.2) is 4.79 Å². The van der Waals surface area contributed by atoms with Crippen LogP contribution in [-0.4, -0.2) is 24.3 Å². The van der Waals surface area contributed by atoms with E-state index in [0.717, 1.165) is 19.3 Å². The normalized spacial score (nSPS) is 21.7. The van der Waals surface area contributed by atoms with Crippen molar-refractivity contribution < 1.29 is 14.6 Å². The minimum atomic E-state index is -1.01. The van der Waals surface area contributed by atoms with Crippen LogP contribution < -0.4 is 0 Å². The molecule has 0 bridgehead atoms. The topological polar surface area (TPSA) is 46.5 Å². The number of esters is 1. The molecule has 88 valence electrons. The van der Waals surface area contributed by atoms with Crippen molar-refractivity contribution in [2.24, 2.45) is 10.8 Å². The Labute approximate surface area is 91.8 Å².